The summed E-state index contributed by atoms with van der Waals surface area (Å²) < 4.78 is 19.0. The van der Waals surface area contributed by atoms with Crippen LogP contribution in [-0.4, -0.2) is 42.5 Å². The third-order valence-electron chi connectivity index (χ3n) is 5.34. The van der Waals surface area contributed by atoms with Crippen molar-refractivity contribution in [3.8, 4) is 17.1 Å². The highest BCUT2D eigenvalue weighted by Gasteiger charge is 2.35. The average Bonchev–Trinajstić information content (AvgIpc) is 3.54. The molecule has 2 aromatic carbocycles. The summed E-state index contributed by atoms with van der Waals surface area (Å²) >= 11 is 0. The number of hydrogen-bond donors (Lipinski definition) is 0. The first-order valence-corrected chi connectivity index (χ1v) is 9.98. The van der Waals surface area contributed by atoms with Crippen LogP contribution in [0, 0.1) is 12.7 Å². The zero-order valence-corrected chi connectivity index (χ0v) is 16.8. The van der Waals surface area contributed by atoms with Gasteiger partial charge in [0.15, 0.2) is 0 Å². The number of rotatable bonds is 4. The molecule has 0 N–H and O–H groups in total. The number of likely N-dealkylation sites (tertiary alicyclic amines) is 1. The molecule has 31 heavy (non-hydrogen) atoms. The van der Waals surface area contributed by atoms with Crippen molar-refractivity contribution in [1.29, 1.82) is 0 Å². The van der Waals surface area contributed by atoms with Gasteiger partial charge < -0.3 is 9.42 Å². The number of aryl methyl sites for hydroxylation is 1. The molecule has 1 saturated heterocycles. The van der Waals surface area contributed by atoms with E-state index in [0.29, 0.717) is 41.5 Å². The molecule has 2 aromatic heterocycles. The maximum absolute atomic E-state index is 13.6. The number of carbonyl (C=O) groups is 1. The Morgan fingerprint density at radius 1 is 1.16 bits per heavy atom. The van der Waals surface area contributed by atoms with E-state index in [1.807, 2.05) is 25.1 Å². The van der Waals surface area contributed by atoms with Crippen molar-refractivity contribution >= 4 is 5.91 Å². The van der Waals surface area contributed by atoms with Crippen LogP contribution in [0.2, 0.25) is 0 Å². The summed E-state index contributed by atoms with van der Waals surface area (Å²) in [5.74, 6) is 0.118. The summed E-state index contributed by atoms with van der Waals surface area (Å²) in [5, 5.41) is 12.3. The molecule has 9 heteroatoms. The van der Waals surface area contributed by atoms with Crippen LogP contribution in [0.4, 0.5) is 4.39 Å². The van der Waals surface area contributed by atoms with Gasteiger partial charge in [0.25, 0.3) is 5.91 Å². The van der Waals surface area contributed by atoms with Gasteiger partial charge in [-0.2, -0.15) is 20.0 Å². The van der Waals surface area contributed by atoms with E-state index in [9.17, 15) is 9.18 Å². The highest BCUT2D eigenvalue weighted by Crippen LogP contribution is 2.34. The molecule has 0 aliphatic carbocycles. The topological polar surface area (TPSA) is 89.9 Å². The number of carbonyl (C=O) groups excluding carboxylic acids is 1. The van der Waals surface area contributed by atoms with Gasteiger partial charge >= 0.3 is 0 Å². The lowest BCUT2D eigenvalue weighted by molar-refractivity contribution is 0.0709. The van der Waals surface area contributed by atoms with Crippen LogP contribution in [0.1, 0.15) is 40.7 Å². The van der Waals surface area contributed by atoms with Crippen LogP contribution in [-0.2, 0) is 0 Å². The molecular formula is C22H19FN6O2. The van der Waals surface area contributed by atoms with E-state index in [2.05, 4.69) is 20.3 Å². The first kappa shape index (κ1) is 19.1. The lowest BCUT2D eigenvalue weighted by atomic mass is 10.1. The van der Waals surface area contributed by atoms with Gasteiger partial charge in [-0.25, -0.2) is 4.39 Å². The number of amides is 1. The fourth-order valence-corrected chi connectivity index (χ4v) is 3.87. The second-order valence-corrected chi connectivity index (χ2v) is 7.46. The highest BCUT2D eigenvalue weighted by molar-refractivity contribution is 5.98. The van der Waals surface area contributed by atoms with Gasteiger partial charge in [-0.15, -0.1) is 0 Å². The van der Waals surface area contributed by atoms with E-state index in [-0.39, 0.29) is 17.8 Å². The molecule has 1 aliphatic rings. The van der Waals surface area contributed by atoms with Gasteiger partial charge in [0.1, 0.15) is 11.9 Å². The maximum Gasteiger partial charge on any atom is 0.256 e. The average molecular weight is 418 g/mol. The van der Waals surface area contributed by atoms with Crippen molar-refractivity contribution in [1.82, 2.24) is 30.0 Å². The van der Waals surface area contributed by atoms with Gasteiger partial charge in [-0.05, 0) is 44.0 Å². The van der Waals surface area contributed by atoms with Crippen LogP contribution < -0.4 is 0 Å². The molecule has 3 heterocycles. The second-order valence-electron chi connectivity index (χ2n) is 7.46. The van der Waals surface area contributed by atoms with Crippen molar-refractivity contribution in [3.05, 3.63) is 77.7 Å². The second kappa shape index (κ2) is 7.75. The predicted octanol–water partition coefficient (Wildman–Crippen LogP) is 3.74. The molecule has 5 rings (SSSR count). The molecule has 1 aliphatic heterocycles. The number of benzene rings is 2. The zero-order chi connectivity index (χ0) is 21.4. The van der Waals surface area contributed by atoms with Gasteiger partial charge in [0.05, 0.1) is 23.6 Å². The molecular weight excluding hydrogens is 399 g/mol. The molecule has 4 aromatic rings. The molecule has 8 nitrogen and oxygen atoms in total. The summed E-state index contributed by atoms with van der Waals surface area (Å²) in [7, 11) is 0. The minimum absolute atomic E-state index is 0.149. The third kappa shape index (κ3) is 3.58. The van der Waals surface area contributed by atoms with Crippen molar-refractivity contribution in [2.75, 3.05) is 6.54 Å². The van der Waals surface area contributed by atoms with Crippen LogP contribution in [0.5, 0.6) is 0 Å². The lowest BCUT2D eigenvalue weighted by Crippen LogP contribution is -2.31. The Kier molecular flexibility index (Phi) is 4.78. The molecule has 1 fully saturated rings. The van der Waals surface area contributed by atoms with Gasteiger partial charge in [0, 0.05) is 12.1 Å². The largest absolute Gasteiger partial charge is 0.337 e. The molecule has 1 amide bonds. The van der Waals surface area contributed by atoms with E-state index in [4.69, 9.17) is 4.52 Å². The molecule has 0 saturated carbocycles. The van der Waals surface area contributed by atoms with Gasteiger partial charge in [-0.3, -0.25) is 4.79 Å². The van der Waals surface area contributed by atoms with Crippen molar-refractivity contribution < 1.29 is 13.7 Å². The fourth-order valence-electron chi connectivity index (χ4n) is 3.87. The minimum atomic E-state index is -0.374. The van der Waals surface area contributed by atoms with Crippen LogP contribution in [0.15, 0.2) is 59.4 Å². The Hall–Kier alpha value is -3.88. The Bertz CT molecular complexity index is 1240. The normalized spacial score (nSPS) is 16.1. The van der Waals surface area contributed by atoms with Crippen molar-refractivity contribution in [2.45, 2.75) is 25.8 Å². The third-order valence-corrected chi connectivity index (χ3v) is 5.34. The standard InChI is InChI=1S/C22H19FN6O2/c1-14-7-8-18(29-24-9-10-25-29)17(12-14)22(30)28-11-3-6-19(28)21-26-20(27-31-21)15-4-2-5-16(23)13-15/h2,4-5,7-10,12-13,19H,3,6,11H2,1H3. The maximum atomic E-state index is 13.6. The summed E-state index contributed by atoms with van der Waals surface area (Å²) in [6.45, 7) is 2.50. The smallest absolute Gasteiger partial charge is 0.256 e. The van der Waals surface area contributed by atoms with E-state index in [1.54, 1.807) is 29.4 Å². The Balaban J connectivity index is 1.47. The number of halogens is 1. The molecule has 1 unspecified atom stereocenters. The fraction of sp³-hybridized carbons (Fsp3) is 0.227. The SMILES string of the molecule is Cc1ccc(-n2nccn2)c(C(=O)N2CCCC2c2nc(-c3cccc(F)c3)no2)c1. The van der Waals surface area contributed by atoms with E-state index < -0.39 is 0 Å². The van der Waals surface area contributed by atoms with Crippen LogP contribution in [0.3, 0.4) is 0 Å². The first-order chi connectivity index (χ1) is 15.1. The van der Waals surface area contributed by atoms with Gasteiger partial charge in [-0.1, -0.05) is 28.9 Å². The summed E-state index contributed by atoms with van der Waals surface area (Å²) in [4.78, 5) is 21.2. The number of hydrogen-bond acceptors (Lipinski definition) is 6. The molecule has 1 atom stereocenters. The highest BCUT2D eigenvalue weighted by atomic mass is 19.1. The van der Waals surface area contributed by atoms with Gasteiger partial charge in [0.2, 0.25) is 11.7 Å². The molecule has 0 bridgehead atoms. The lowest BCUT2D eigenvalue weighted by Gasteiger charge is -2.23. The van der Waals surface area contributed by atoms with E-state index in [1.165, 1.54) is 16.9 Å². The Morgan fingerprint density at radius 3 is 2.81 bits per heavy atom. The van der Waals surface area contributed by atoms with Crippen molar-refractivity contribution in [2.24, 2.45) is 0 Å². The molecule has 156 valence electrons. The first-order valence-electron chi connectivity index (χ1n) is 9.98. The quantitative estimate of drug-likeness (QED) is 0.502. The number of aromatic nitrogens is 5. The van der Waals surface area contributed by atoms with Crippen LogP contribution in [0.25, 0.3) is 17.1 Å². The van der Waals surface area contributed by atoms with E-state index >= 15 is 0 Å². The Labute approximate surface area is 177 Å². The summed E-state index contributed by atoms with van der Waals surface area (Å²) in [6.07, 6.45) is 4.66. The predicted molar refractivity (Wildman–Crippen MR) is 109 cm³/mol. The van der Waals surface area contributed by atoms with Crippen molar-refractivity contribution in [3.63, 3.8) is 0 Å². The minimum Gasteiger partial charge on any atom is -0.337 e. The summed E-state index contributed by atoms with van der Waals surface area (Å²) in [6, 6.07) is 11.3. The Morgan fingerprint density at radius 2 is 2.00 bits per heavy atom. The zero-order valence-electron chi connectivity index (χ0n) is 16.8. The molecule has 0 radical (unpaired) electrons. The number of nitrogens with zero attached hydrogens (tertiary/aromatic N) is 6. The van der Waals surface area contributed by atoms with Crippen LogP contribution >= 0.6 is 0 Å². The monoisotopic (exact) mass is 418 g/mol. The molecule has 0 spiro atoms. The van der Waals surface area contributed by atoms with E-state index in [0.717, 1.165) is 12.0 Å². The summed E-state index contributed by atoms with van der Waals surface area (Å²) in [5.41, 5.74) is 2.60.